The molecule has 1 heterocycles. The van der Waals surface area contributed by atoms with Crippen molar-refractivity contribution in [2.45, 2.75) is 13.0 Å². The minimum Gasteiger partial charge on any atom is -0.449 e. The molecule has 0 bridgehead atoms. The summed E-state index contributed by atoms with van der Waals surface area (Å²) in [6, 6.07) is 14.4. The first-order valence-electron chi connectivity index (χ1n) is 8.14. The van der Waals surface area contributed by atoms with Crippen molar-refractivity contribution in [2.24, 2.45) is 0 Å². The molecule has 0 saturated carbocycles. The smallest absolute Gasteiger partial charge is 0.338 e. The molecular formula is C20H18N2O4. The first-order chi connectivity index (χ1) is 12.6. The molecule has 0 spiro atoms. The van der Waals surface area contributed by atoms with E-state index in [0.29, 0.717) is 28.8 Å². The number of fused-ring (bicyclic) bond motifs is 1. The van der Waals surface area contributed by atoms with Crippen molar-refractivity contribution in [1.29, 1.82) is 0 Å². The fraction of sp³-hybridized carbons (Fsp3) is 0.150. The number of hydrogen-bond acceptors (Lipinski definition) is 5. The molecule has 0 radical (unpaired) electrons. The normalized spacial score (nSPS) is 11.7. The monoisotopic (exact) mass is 350 g/mol. The lowest BCUT2D eigenvalue weighted by atomic mass is 10.1. The van der Waals surface area contributed by atoms with E-state index >= 15 is 0 Å². The van der Waals surface area contributed by atoms with Gasteiger partial charge in [0.25, 0.3) is 5.91 Å². The van der Waals surface area contributed by atoms with E-state index in [1.807, 2.05) is 30.3 Å². The van der Waals surface area contributed by atoms with Crippen LogP contribution in [0.1, 0.15) is 17.3 Å². The van der Waals surface area contributed by atoms with E-state index < -0.39 is 12.1 Å². The maximum atomic E-state index is 12.4. The number of ether oxygens (including phenoxy) is 1. The van der Waals surface area contributed by atoms with Crippen LogP contribution in [0.15, 0.2) is 65.7 Å². The summed E-state index contributed by atoms with van der Waals surface area (Å²) in [4.78, 5) is 24.2. The van der Waals surface area contributed by atoms with Crippen LogP contribution in [0.2, 0.25) is 0 Å². The summed E-state index contributed by atoms with van der Waals surface area (Å²) >= 11 is 0. The SMILES string of the molecule is C=CCNC(=O)C(C)OC(=O)c1ccc2noc(-c3ccccc3)c2c1. The first kappa shape index (κ1) is 17.4. The molecule has 0 saturated heterocycles. The summed E-state index contributed by atoms with van der Waals surface area (Å²) in [5.74, 6) is -0.394. The lowest BCUT2D eigenvalue weighted by molar-refractivity contribution is -0.128. The van der Waals surface area contributed by atoms with Crippen LogP contribution in [-0.2, 0) is 9.53 Å². The minimum atomic E-state index is -0.908. The van der Waals surface area contributed by atoms with Crippen LogP contribution in [0.5, 0.6) is 0 Å². The summed E-state index contributed by atoms with van der Waals surface area (Å²) in [5, 5.41) is 7.31. The Kier molecular flexibility index (Phi) is 5.12. The fourth-order valence-corrected chi connectivity index (χ4v) is 2.46. The number of hydrogen-bond donors (Lipinski definition) is 1. The standard InChI is InChI=1S/C20H18N2O4/c1-3-11-21-19(23)13(2)25-20(24)15-9-10-17-16(12-15)18(26-22-17)14-7-5-4-6-8-14/h3-10,12-13H,1,11H2,2H3,(H,21,23). The first-order valence-corrected chi connectivity index (χ1v) is 8.14. The predicted octanol–water partition coefficient (Wildman–Crippen LogP) is 3.34. The second kappa shape index (κ2) is 7.65. The van der Waals surface area contributed by atoms with Crippen molar-refractivity contribution in [2.75, 3.05) is 6.54 Å². The maximum absolute atomic E-state index is 12.4. The van der Waals surface area contributed by atoms with Gasteiger partial charge < -0.3 is 14.6 Å². The zero-order valence-electron chi connectivity index (χ0n) is 14.3. The Labute approximate surface area is 150 Å². The third-order valence-electron chi connectivity index (χ3n) is 3.82. The van der Waals surface area contributed by atoms with Crippen LogP contribution >= 0.6 is 0 Å². The number of benzene rings is 2. The quantitative estimate of drug-likeness (QED) is 0.545. The lowest BCUT2D eigenvalue weighted by Gasteiger charge is -2.12. The Morgan fingerprint density at radius 1 is 1.27 bits per heavy atom. The van der Waals surface area contributed by atoms with Crippen LogP contribution in [-0.4, -0.2) is 29.7 Å². The average molecular weight is 350 g/mol. The van der Waals surface area contributed by atoms with Crippen molar-refractivity contribution in [3.05, 3.63) is 66.7 Å². The van der Waals surface area contributed by atoms with Crippen molar-refractivity contribution in [3.63, 3.8) is 0 Å². The van der Waals surface area contributed by atoms with Crippen LogP contribution in [0.3, 0.4) is 0 Å². The van der Waals surface area contributed by atoms with Crippen molar-refractivity contribution in [1.82, 2.24) is 10.5 Å². The van der Waals surface area contributed by atoms with Gasteiger partial charge in [-0.25, -0.2) is 4.79 Å². The second-order valence-electron chi connectivity index (χ2n) is 5.69. The number of nitrogens with one attached hydrogen (secondary N) is 1. The van der Waals surface area contributed by atoms with Gasteiger partial charge in [-0.05, 0) is 25.1 Å². The minimum absolute atomic E-state index is 0.313. The number of amides is 1. The molecular weight excluding hydrogens is 332 g/mol. The van der Waals surface area contributed by atoms with Gasteiger partial charge in [0.05, 0.1) is 10.9 Å². The molecule has 0 aliphatic carbocycles. The number of carbonyl (C=O) groups excluding carboxylic acids is 2. The molecule has 3 aromatic rings. The topological polar surface area (TPSA) is 81.4 Å². The summed E-state index contributed by atoms with van der Waals surface area (Å²) in [6.45, 7) is 5.35. The van der Waals surface area contributed by atoms with E-state index in [0.717, 1.165) is 5.56 Å². The summed E-state index contributed by atoms with van der Waals surface area (Å²) in [6.07, 6.45) is 0.645. The number of nitrogens with zero attached hydrogens (tertiary/aromatic N) is 1. The predicted molar refractivity (Wildman–Crippen MR) is 97.5 cm³/mol. The van der Waals surface area contributed by atoms with Crippen LogP contribution in [0.4, 0.5) is 0 Å². The molecule has 0 aliphatic rings. The Bertz CT molecular complexity index is 947. The van der Waals surface area contributed by atoms with E-state index in [-0.39, 0.29) is 5.91 Å². The van der Waals surface area contributed by atoms with Crippen LogP contribution in [0.25, 0.3) is 22.2 Å². The maximum Gasteiger partial charge on any atom is 0.338 e. The Balaban J connectivity index is 1.83. The molecule has 6 heteroatoms. The van der Waals surface area contributed by atoms with E-state index in [2.05, 4.69) is 17.1 Å². The largest absolute Gasteiger partial charge is 0.449 e. The zero-order valence-corrected chi connectivity index (χ0v) is 14.3. The van der Waals surface area contributed by atoms with Gasteiger partial charge >= 0.3 is 5.97 Å². The third-order valence-corrected chi connectivity index (χ3v) is 3.82. The number of esters is 1. The molecule has 6 nitrogen and oxygen atoms in total. The van der Waals surface area contributed by atoms with Gasteiger partial charge in [-0.15, -0.1) is 6.58 Å². The van der Waals surface area contributed by atoms with Crippen LogP contribution in [0, 0.1) is 0 Å². The van der Waals surface area contributed by atoms with Gasteiger partial charge in [0.2, 0.25) is 0 Å². The summed E-state index contributed by atoms with van der Waals surface area (Å²) in [5.41, 5.74) is 1.82. The van der Waals surface area contributed by atoms with E-state index in [1.165, 1.54) is 6.92 Å². The van der Waals surface area contributed by atoms with E-state index in [4.69, 9.17) is 9.26 Å². The van der Waals surface area contributed by atoms with Crippen molar-refractivity contribution < 1.29 is 18.8 Å². The van der Waals surface area contributed by atoms with Gasteiger partial charge in [-0.1, -0.05) is 41.6 Å². The highest BCUT2D eigenvalue weighted by atomic mass is 16.5. The highest BCUT2D eigenvalue weighted by Crippen LogP contribution is 2.29. The average Bonchev–Trinajstić information content (AvgIpc) is 3.09. The Morgan fingerprint density at radius 2 is 2.04 bits per heavy atom. The van der Waals surface area contributed by atoms with Gasteiger partial charge in [0.1, 0.15) is 5.52 Å². The summed E-state index contributed by atoms with van der Waals surface area (Å²) in [7, 11) is 0. The molecule has 26 heavy (non-hydrogen) atoms. The molecule has 0 aliphatic heterocycles. The van der Waals surface area contributed by atoms with Crippen molar-refractivity contribution >= 4 is 22.8 Å². The third kappa shape index (κ3) is 3.64. The molecule has 1 atom stereocenters. The molecule has 2 aromatic carbocycles. The van der Waals surface area contributed by atoms with Gasteiger partial charge in [-0.2, -0.15) is 0 Å². The molecule has 1 aromatic heterocycles. The van der Waals surface area contributed by atoms with Gasteiger partial charge in [0.15, 0.2) is 11.9 Å². The highest BCUT2D eigenvalue weighted by Gasteiger charge is 2.20. The number of aromatic nitrogens is 1. The van der Waals surface area contributed by atoms with E-state index in [1.54, 1.807) is 24.3 Å². The lowest BCUT2D eigenvalue weighted by Crippen LogP contribution is -2.35. The molecule has 1 unspecified atom stereocenters. The second-order valence-corrected chi connectivity index (χ2v) is 5.69. The number of rotatable bonds is 6. The van der Waals surface area contributed by atoms with Crippen molar-refractivity contribution in [3.8, 4) is 11.3 Å². The molecule has 132 valence electrons. The Morgan fingerprint density at radius 3 is 2.77 bits per heavy atom. The highest BCUT2D eigenvalue weighted by molar-refractivity contribution is 5.99. The number of carbonyl (C=O) groups is 2. The molecule has 1 amide bonds. The van der Waals surface area contributed by atoms with Gasteiger partial charge in [-0.3, -0.25) is 4.79 Å². The Hall–Kier alpha value is -3.41. The van der Waals surface area contributed by atoms with Crippen LogP contribution < -0.4 is 5.32 Å². The fourth-order valence-electron chi connectivity index (χ4n) is 2.46. The van der Waals surface area contributed by atoms with E-state index in [9.17, 15) is 9.59 Å². The molecule has 0 fully saturated rings. The molecule has 1 N–H and O–H groups in total. The zero-order chi connectivity index (χ0) is 18.5. The molecule has 3 rings (SSSR count). The van der Waals surface area contributed by atoms with Gasteiger partial charge in [0, 0.05) is 12.1 Å². The summed E-state index contributed by atoms with van der Waals surface area (Å²) < 4.78 is 10.7.